The van der Waals surface area contributed by atoms with E-state index in [1.807, 2.05) is 0 Å². The molecule has 0 unspecified atom stereocenters. The van der Waals surface area contributed by atoms with E-state index >= 15 is 0 Å². The molecule has 644 valence electrons. The first-order valence-electron chi connectivity index (χ1n) is 46.1. The number of unbranched alkanes of at least 4 members (excludes halogenated alkanes) is 56. The number of rotatable bonds is 78. The van der Waals surface area contributed by atoms with E-state index in [1.165, 1.54) is 320 Å². The smallest absolute Gasteiger partial charge is 0.744 e. The van der Waals surface area contributed by atoms with E-state index in [9.17, 15) is 45.1 Å². The monoisotopic (exact) mass is 1640 g/mol. The standard InChI is InChI=1S/2C48H82O7S.Ca/c2*1-3-5-7-9-11-13-15-17-19-21-23-25-27-29-31-33-35-37-41-54-47(49)45-40-39-44(56(51,52)53)43-46(45)48(50)55-42-38-36-34-32-30-28-26-24-22-20-18-16-14-12-10-8-6-4-2;/h2*11-14,39-40,43H,3-10,15-38,41-42H2,1-2H3,(H,51,52,53);/q;;+2/p-2/b2*13-11+,14-12+;. The van der Waals surface area contributed by atoms with E-state index < -0.39 is 53.9 Å². The summed E-state index contributed by atoms with van der Waals surface area (Å²) in [5.41, 5.74) is -0.673. The van der Waals surface area contributed by atoms with Crippen LogP contribution >= 0.6 is 0 Å². The van der Waals surface area contributed by atoms with Crippen molar-refractivity contribution in [1.82, 2.24) is 0 Å². The fourth-order valence-electron chi connectivity index (χ4n) is 13.8. The molecule has 0 heterocycles. The van der Waals surface area contributed by atoms with Crippen LogP contribution in [0.4, 0.5) is 0 Å². The Kier molecular flexibility index (Phi) is 78.2. The molecule has 2 aromatic carbocycles. The number of benzene rings is 2. The fraction of sp³-hybridized carbons (Fsp3) is 0.750. The molecule has 0 atom stereocenters. The molecule has 0 fully saturated rings. The number of hydrogen-bond acceptors (Lipinski definition) is 14. The first kappa shape index (κ1) is 109. The van der Waals surface area contributed by atoms with E-state index in [0.717, 1.165) is 101 Å². The van der Waals surface area contributed by atoms with Crippen LogP contribution in [0.5, 0.6) is 0 Å². The molecule has 2 rings (SSSR count). The van der Waals surface area contributed by atoms with E-state index in [0.29, 0.717) is 25.7 Å². The predicted molar refractivity (Wildman–Crippen MR) is 470 cm³/mol. The summed E-state index contributed by atoms with van der Waals surface area (Å²) in [5.74, 6) is -3.09. The summed E-state index contributed by atoms with van der Waals surface area (Å²) in [5, 5.41) is 0. The van der Waals surface area contributed by atoms with Gasteiger partial charge in [-0.3, -0.25) is 0 Å². The number of carbonyl (C=O) groups is 4. The van der Waals surface area contributed by atoms with Gasteiger partial charge >= 0.3 is 61.6 Å². The normalized spacial score (nSPS) is 11.8. The minimum absolute atomic E-state index is 0. The molecule has 0 N–H and O–H groups in total. The van der Waals surface area contributed by atoms with Gasteiger partial charge in [-0.1, -0.05) is 359 Å². The largest absolute Gasteiger partial charge is 2.00 e. The van der Waals surface area contributed by atoms with Crippen molar-refractivity contribution in [3.05, 3.63) is 107 Å². The molecule has 0 aromatic heterocycles. The van der Waals surface area contributed by atoms with Crippen LogP contribution in [0.15, 0.2) is 94.8 Å². The molecule has 113 heavy (non-hydrogen) atoms. The second-order valence-corrected chi connectivity index (χ2v) is 34.2. The molecule has 17 heteroatoms. The van der Waals surface area contributed by atoms with Gasteiger partial charge in [0, 0.05) is 0 Å². The summed E-state index contributed by atoms with van der Waals surface area (Å²) in [6, 6.07) is 6.29. The van der Waals surface area contributed by atoms with Gasteiger partial charge in [-0.2, -0.15) is 0 Å². The van der Waals surface area contributed by atoms with Crippen molar-refractivity contribution in [3.63, 3.8) is 0 Å². The van der Waals surface area contributed by atoms with Crippen molar-refractivity contribution in [3.8, 4) is 0 Å². The molecule has 0 amide bonds. The maximum atomic E-state index is 12.9. The van der Waals surface area contributed by atoms with Gasteiger partial charge in [-0.05, 0) is 165 Å². The van der Waals surface area contributed by atoms with Gasteiger partial charge in [0.05, 0.1) is 58.5 Å². The number of carbonyl (C=O) groups excluding carboxylic acids is 4. The van der Waals surface area contributed by atoms with Crippen LogP contribution in [-0.4, -0.2) is 114 Å². The first-order valence-corrected chi connectivity index (χ1v) is 48.9. The second-order valence-electron chi connectivity index (χ2n) is 31.4. The fourth-order valence-corrected chi connectivity index (χ4v) is 14.8. The van der Waals surface area contributed by atoms with Gasteiger partial charge in [0.25, 0.3) is 0 Å². The summed E-state index contributed by atoms with van der Waals surface area (Å²) in [7, 11) is -9.63. The average Bonchev–Trinajstić information content (AvgIpc) is 0.814. The summed E-state index contributed by atoms with van der Waals surface area (Å²) in [6.45, 7) is 9.71. The summed E-state index contributed by atoms with van der Waals surface area (Å²) in [6.07, 6.45) is 95.7. The van der Waals surface area contributed by atoms with Gasteiger partial charge in [-0.25, -0.2) is 36.0 Å². The van der Waals surface area contributed by atoms with E-state index in [1.54, 1.807) is 0 Å². The van der Waals surface area contributed by atoms with Crippen molar-refractivity contribution in [2.24, 2.45) is 0 Å². The molecule has 0 saturated carbocycles. The maximum absolute atomic E-state index is 12.9. The van der Waals surface area contributed by atoms with Crippen LogP contribution in [0.25, 0.3) is 0 Å². The Hall–Kier alpha value is -3.64. The van der Waals surface area contributed by atoms with Crippen LogP contribution in [0.2, 0.25) is 0 Å². The van der Waals surface area contributed by atoms with E-state index in [-0.39, 0.29) is 86.4 Å². The zero-order chi connectivity index (χ0) is 81.6. The van der Waals surface area contributed by atoms with Crippen molar-refractivity contribution < 1.29 is 64.1 Å². The molecule has 14 nitrogen and oxygen atoms in total. The van der Waals surface area contributed by atoms with E-state index in [4.69, 9.17) is 18.9 Å². The van der Waals surface area contributed by atoms with Crippen LogP contribution in [0.1, 0.15) is 480 Å². The Morgan fingerprint density at radius 3 is 0.558 bits per heavy atom. The van der Waals surface area contributed by atoms with Gasteiger partial charge in [0.15, 0.2) is 0 Å². The Labute approximate surface area is 722 Å². The SMILES string of the molecule is CCCCC/C=C/CCCCCCCCCCCCCOC(=O)c1ccc(S(=O)(=O)[O-])cc1C(=O)OCCCCCCCCCCCCC/C=C/CCCCC.CCCCC/C=C/CCCCCCCCCCCCCOC(=O)c1ccc(S(=O)(=O)[O-])cc1C(=O)OCCCCCCCCCCCCC/C=C/CCCCC.[Ca+2]. The molecule has 0 spiro atoms. The molecule has 2 aromatic rings. The third-order valence-electron chi connectivity index (χ3n) is 21.0. The summed E-state index contributed by atoms with van der Waals surface area (Å²) >= 11 is 0. The maximum Gasteiger partial charge on any atom is 2.00 e. The topological polar surface area (TPSA) is 220 Å². The summed E-state index contributed by atoms with van der Waals surface area (Å²) in [4.78, 5) is 50.5. The number of hydrogen-bond donors (Lipinski definition) is 0. The van der Waals surface area contributed by atoms with Crippen LogP contribution in [0, 0.1) is 0 Å². The molecular weight excluding hydrogens is 1480 g/mol. The Bertz CT molecular complexity index is 2740. The third-order valence-corrected chi connectivity index (χ3v) is 22.7. The number of esters is 4. The molecular formula is C96H162CaO14S2. The molecule has 0 bridgehead atoms. The zero-order valence-electron chi connectivity index (χ0n) is 72.4. The van der Waals surface area contributed by atoms with E-state index in [2.05, 4.69) is 76.3 Å². The Balaban J connectivity index is 0.00000220. The van der Waals surface area contributed by atoms with Crippen molar-refractivity contribution >= 4 is 81.9 Å². The predicted octanol–water partition coefficient (Wildman–Crippen LogP) is 28.7. The van der Waals surface area contributed by atoms with Gasteiger partial charge < -0.3 is 28.1 Å². The van der Waals surface area contributed by atoms with Crippen LogP contribution in [0.3, 0.4) is 0 Å². The van der Waals surface area contributed by atoms with Crippen LogP contribution in [-0.2, 0) is 39.2 Å². The first-order chi connectivity index (χ1) is 54.6. The number of ether oxygens (including phenoxy) is 4. The van der Waals surface area contributed by atoms with Gasteiger partial charge in [0.1, 0.15) is 20.2 Å². The van der Waals surface area contributed by atoms with Gasteiger partial charge in [-0.15, -0.1) is 0 Å². The molecule has 0 saturated heterocycles. The number of allylic oxidation sites excluding steroid dienone is 8. The molecule has 0 aliphatic heterocycles. The summed E-state index contributed by atoms with van der Waals surface area (Å²) < 4.78 is 91.7. The third kappa shape index (κ3) is 67.9. The minimum atomic E-state index is -4.82. The second kappa shape index (κ2) is 80.8. The van der Waals surface area contributed by atoms with Crippen molar-refractivity contribution in [2.75, 3.05) is 26.4 Å². The minimum Gasteiger partial charge on any atom is -0.744 e. The molecule has 0 radical (unpaired) electrons. The average molecular weight is 1640 g/mol. The van der Waals surface area contributed by atoms with Gasteiger partial charge in [0.2, 0.25) is 0 Å². The zero-order valence-corrected chi connectivity index (χ0v) is 76.2. The quantitative estimate of drug-likeness (QED) is 0.0150. The Morgan fingerprint density at radius 2 is 0.389 bits per heavy atom. The molecule has 0 aliphatic carbocycles. The van der Waals surface area contributed by atoms with Crippen molar-refractivity contribution in [2.45, 2.75) is 448 Å². The molecule has 0 aliphatic rings. The Morgan fingerprint density at radius 1 is 0.239 bits per heavy atom. The van der Waals surface area contributed by atoms with Crippen LogP contribution < -0.4 is 0 Å². The van der Waals surface area contributed by atoms with Crippen molar-refractivity contribution in [1.29, 1.82) is 0 Å².